The summed E-state index contributed by atoms with van der Waals surface area (Å²) in [4.78, 5) is 0. The SMILES string of the molecule is Cc1cc2c(N)csc2cc1Cl. The van der Waals surface area contributed by atoms with Crippen molar-refractivity contribution in [2.45, 2.75) is 6.92 Å². The molecular weight excluding hydrogens is 190 g/mol. The number of hydrogen-bond acceptors (Lipinski definition) is 2. The maximum absolute atomic E-state index is 5.96. The first-order valence-electron chi connectivity index (χ1n) is 3.61. The summed E-state index contributed by atoms with van der Waals surface area (Å²) in [5.74, 6) is 0. The highest BCUT2D eigenvalue weighted by Crippen LogP contribution is 2.32. The third-order valence-electron chi connectivity index (χ3n) is 1.88. The molecule has 1 nitrogen and oxygen atoms in total. The Balaban J connectivity index is 2.87. The second-order valence-electron chi connectivity index (χ2n) is 2.79. The Morgan fingerprint density at radius 3 is 2.92 bits per heavy atom. The molecule has 1 aromatic carbocycles. The van der Waals surface area contributed by atoms with E-state index in [0.717, 1.165) is 26.4 Å². The molecule has 1 heterocycles. The monoisotopic (exact) mass is 197 g/mol. The first-order valence-corrected chi connectivity index (χ1v) is 4.87. The van der Waals surface area contributed by atoms with Crippen LogP contribution in [0, 0.1) is 6.92 Å². The van der Waals surface area contributed by atoms with E-state index in [9.17, 15) is 0 Å². The smallest absolute Gasteiger partial charge is 0.0502 e. The molecule has 0 amide bonds. The van der Waals surface area contributed by atoms with E-state index in [1.165, 1.54) is 0 Å². The normalized spacial score (nSPS) is 10.8. The van der Waals surface area contributed by atoms with Gasteiger partial charge < -0.3 is 5.73 Å². The first-order chi connectivity index (χ1) is 5.68. The number of aryl methyl sites for hydroxylation is 1. The summed E-state index contributed by atoms with van der Waals surface area (Å²) >= 11 is 7.59. The Bertz CT molecular complexity index is 433. The van der Waals surface area contributed by atoms with Crippen LogP contribution in [-0.4, -0.2) is 0 Å². The van der Waals surface area contributed by atoms with Gasteiger partial charge in [-0.05, 0) is 24.6 Å². The number of nitrogen functional groups attached to an aromatic ring is 1. The fourth-order valence-corrected chi connectivity index (χ4v) is 2.28. The predicted octanol–water partition coefficient (Wildman–Crippen LogP) is 3.45. The van der Waals surface area contributed by atoms with Crippen molar-refractivity contribution < 1.29 is 0 Å². The fourth-order valence-electron chi connectivity index (χ4n) is 1.18. The third kappa shape index (κ3) is 1.08. The second kappa shape index (κ2) is 2.64. The van der Waals surface area contributed by atoms with Crippen molar-refractivity contribution in [3.8, 4) is 0 Å². The average Bonchev–Trinajstić information content (AvgIpc) is 2.35. The Kier molecular flexibility index (Phi) is 1.74. The maximum atomic E-state index is 5.96. The van der Waals surface area contributed by atoms with E-state index < -0.39 is 0 Å². The van der Waals surface area contributed by atoms with E-state index in [1.54, 1.807) is 11.3 Å². The number of halogens is 1. The summed E-state index contributed by atoms with van der Waals surface area (Å²) in [6.45, 7) is 1.98. The minimum atomic E-state index is 0.810. The first kappa shape index (κ1) is 7.90. The van der Waals surface area contributed by atoms with Gasteiger partial charge in [0, 0.05) is 20.5 Å². The lowest BCUT2D eigenvalue weighted by Crippen LogP contribution is -1.81. The quantitative estimate of drug-likeness (QED) is 0.688. The van der Waals surface area contributed by atoms with Crippen molar-refractivity contribution in [3.05, 3.63) is 28.1 Å². The Labute approximate surface area is 79.8 Å². The van der Waals surface area contributed by atoms with Crippen LogP contribution in [0.2, 0.25) is 5.02 Å². The fraction of sp³-hybridized carbons (Fsp3) is 0.111. The van der Waals surface area contributed by atoms with Gasteiger partial charge in [-0.15, -0.1) is 11.3 Å². The molecule has 0 bridgehead atoms. The van der Waals surface area contributed by atoms with Crippen LogP contribution in [0.1, 0.15) is 5.56 Å². The minimum Gasteiger partial charge on any atom is -0.398 e. The zero-order valence-electron chi connectivity index (χ0n) is 6.60. The molecule has 0 saturated heterocycles. The van der Waals surface area contributed by atoms with Gasteiger partial charge >= 0.3 is 0 Å². The second-order valence-corrected chi connectivity index (χ2v) is 4.11. The number of benzene rings is 1. The lowest BCUT2D eigenvalue weighted by Gasteiger charge is -1.97. The lowest BCUT2D eigenvalue weighted by atomic mass is 10.2. The predicted molar refractivity (Wildman–Crippen MR) is 56.0 cm³/mol. The highest BCUT2D eigenvalue weighted by molar-refractivity contribution is 7.17. The number of thiophene rings is 1. The van der Waals surface area contributed by atoms with Gasteiger partial charge in [-0.25, -0.2) is 0 Å². The zero-order valence-corrected chi connectivity index (χ0v) is 8.17. The van der Waals surface area contributed by atoms with Crippen molar-refractivity contribution in [1.82, 2.24) is 0 Å². The zero-order chi connectivity index (χ0) is 8.72. The molecule has 0 radical (unpaired) electrons. The molecule has 2 rings (SSSR count). The Morgan fingerprint density at radius 2 is 2.17 bits per heavy atom. The van der Waals surface area contributed by atoms with Crippen LogP contribution >= 0.6 is 22.9 Å². The maximum Gasteiger partial charge on any atom is 0.0502 e. The van der Waals surface area contributed by atoms with Gasteiger partial charge in [0.15, 0.2) is 0 Å². The van der Waals surface area contributed by atoms with Gasteiger partial charge in [0.1, 0.15) is 0 Å². The molecule has 12 heavy (non-hydrogen) atoms. The van der Waals surface area contributed by atoms with Gasteiger partial charge in [0.05, 0.1) is 5.69 Å². The molecule has 2 N–H and O–H groups in total. The number of hydrogen-bond donors (Lipinski definition) is 1. The number of anilines is 1. The summed E-state index contributed by atoms with van der Waals surface area (Å²) in [5, 5.41) is 3.87. The van der Waals surface area contributed by atoms with Gasteiger partial charge in [0.25, 0.3) is 0 Å². The third-order valence-corrected chi connectivity index (χ3v) is 3.26. The molecule has 3 heteroatoms. The Hall–Kier alpha value is -0.730. The molecule has 0 saturated carbocycles. The molecule has 1 aromatic heterocycles. The van der Waals surface area contributed by atoms with Crippen molar-refractivity contribution >= 4 is 38.7 Å². The van der Waals surface area contributed by atoms with Gasteiger partial charge in [-0.1, -0.05) is 11.6 Å². The van der Waals surface area contributed by atoms with Crippen LogP contribution < -0.4 is 5.73 Å². The van der Waals surface area contributed by atoms with Crippen LogP contribution in [0.25, 0.3) is 10.1 Å². The summed E-state index contributed by atoms with van der Waals surface area (Å²) in [5.41, 5.74) is 7.68. The largest absolute Gasteiger partial charge is 0.398 e. The summed E-state index contributed by atoms with van der Waals surface area (Å²) in [6.07, 6.45) is 0. The van der Waals surface area contributed by atoms with Crippen LogP contribution in [0.15, 0.2) is 17.5 Å². The topological polar surface area (TPSA) is 26.0 Å². The summed E-state index contributed by atoms with van der Waals surface area (Å²) in [7, 11) is 0. The molecule has 62 valence electrons. The highest BCUT2D eigenvalue weighted by Gasteiger charge is 2.03. The number of rotatable bonds is 0. The van der Waals surface area contributed by atoms with E-state index in [4.69, 9.17) is 17.3 Å². The van der Waals surface area contributed by atoms with Crippen LogP contribution in [-0.2, 0) is 0 Å². The van der Waals surface area contributed by atoms with Gasteiger partial charge in [0.2, 0.25) is 0 Å². The molecule has 0 aliphatic heterocycles. The molecule has 0 unspecified atom stereocenters. The standard InChI is InChI=1S/C9H8ClNS/c1-5-2-6-8(11)4-12-9(6)3-7(5)10/h2-4H,11H2,1H3. The van der Waals surface area contributed by atoms with Crippen molar-refractivity contribution in [1.29, 1.82) is 0 Å². The molecule has 0 spiro atoms. The van der Waals surface area contributed by atoms with Crippen molar-refractivity contribution in [2.75, 3.05) is 5.73 Å². The molecule has 2 aromatic rings. The van der Waals surface area contributed by atoms with Crippen molar-refractivity contribution in [3.63, 3.8) is 0 Å². The van der Waals surface area contributed by atoms with E-state index >= 15 is 0 Å². The average molecular weight is 198 g/mol. The van der Waals surface area contributed by atoms with E-state index in [2.05, 4.69) is 0 Å². The lowest BCUT2D eigenvalue weighted by molar-refractivity contribution is 1.51. The highest BCUT2D eigenvalue weighted by atomic mass is 35.5. The summed E-state index contributed by atoms with van der Waals surface area (Å²) < 4.78 is 1.16. The molecular formula is C9H8ClNS. The van der Waals surface area contributed by atoms with Crippen LogP contribution in [0.5, 0.6) is 0 Å². The van der Waals surface area contributed by atoms with Crippen LogP contribution in [0.3, 0.4) is 0 Å². The van der Waals surface area contributed by atoms with E-state index in [1.807, 2.05) is 24.4 Å². The molecule has 0 aliphatic carbocycles. The minimum absolute atomic E-state index is 0.810. The molecule has 0 atom stereocenters. The number of fused-ring (bicyclic) bond motifs is 1. The van der Waals surface area contributed by atoms with Crippen LogP contribution in [0.4, 0.5) is 5.69 Å². The number of nitrogens with two attached hydrogens (primary N) is 1. The van der Waals surface area contributed by atoms with E-state index in [-0.39, 0.29) is 0 Å². The summed E-state index contributed by atoms with van der Waals surface area (Å²) in [6, 6.07) is 4.00. The van der Waals surface area contributed by atoms with Gasteiger partial charge in [-0.2, -0.15) is 0 Å². The van der Waals surface area contributed by atoms with Gasteiger partial charge in [-0.3, -0.25) is 0 Å². The van der Waals surface area contributed by atoms with Crippen molar-refractivity contribution in [2.24, 2.45) is 0 Å². The molecule has 0 fully saturated rings. The molecule has 0 aliphatic rings. The Morgan fingerprint density at radius 1 is 1.42 bits per heavy atom. The van der Waals surface area contributed by atoms with E-state index in [0.29, 0.717) is 0 Å².